The van der Waals surface area contributed by atoms with Gasteiger partial charge in [-0.2, -0.15) is 0 Å². The fourth-order valence-electron chi connectivity index (χ4n) is 2.54. The lowest BCUT2D eigenvalue weighted by atomic mass is 9.92. The highest BCUT2D eigenvalue weighted by molar-refractivity contribution is 5.79. The van der Waals surface area contributed by atoms with Crippen molar-refractivity contribution >= 4 is 5.57 Å². The summed E-state index contributed by atoms with van der Waals surface area (Å²) in [5, 5.41) is 3.40. The van der Waals surface area contributed by atoms with E-state index in [0.717, 1.165) is 12.8 Å². The Labute approximate surface area is 128 Å². The number of benzene rings is 1. The van der Waals surface area contributed by atoms with Crippen LogP contribution in [0.4, 0.5) is 0 Å². The summed E-state index contributed by atoms with van der Waals surface area (Å²) in [6.07, 6.45) is 15.0. The second-order valence-corrected chi connectivity index (χ2v) is 5.61. The van der Waals surface area contributed by atoms with Crippen molar-refractivity contribution < 1.29 is 0 Å². The normalized spacial score (nSPS) is 25.4. The molecule has 1 atom stereocenters. The zero-order valence-electron chi connectivity index (χ0n) is 13.3. The summed E-state index contributed by atoms with van der Waals surface area (Å²) in [6, 6.07) is 9.29. The lowest BCUT2D eigenvalue weighted by Crippen LogP contribution is -2.20. The maximum atomic E-state index is 3.40. The number of nitrogens with one attached hydrogen (secondary N) is 1. The molecule has 1 aromatic rings. The fraction of sp³-hybridized carbons (Fsp3) is 0.300. The Hall–Kier alpha value is -2.02. The Morgan fingerprint density at radius 1 is 1.14 bits per heavy atom. The van der Waals surface area contributed by atoms with Gasteiger partial charge in [-0.15, -0.1) is 0 Å². The minimum atomic E-state index is 0.493. The van der Waals surface area contributed by atoms with Gasteiger partial charge in [0, 0.05) is 6.04 Å². The first-order valence-corrected chi connectivity index (χ1v) is 7.73. The van der Waals surface area contributed by atoms with Gasteiger partial charge in [-0.3, -0.25) is 0 Å². The molecular weight excluding hydrogens is 254 g/mol. The fourth-order valence-corrected chi connectivity index (χ4v) is 2.54. The number of hydrogen-bond donors (Lipinski definition) is 1. The van der Waals surface area contributed by atoms with Gasteiger partial charge in [0.15, 0.2) is 0 Å². The molecule has 0 aliphatic carbocycles. The summed E-state index contributed by atoms with van der Waals surface area (Å²) in [7, 11) is 0. The van der Waals surface area contributed by atoms with Crippen LogP contribution in [0.25, 0.3) is 5.57 Å². The first kappa shape index (κ1) is 15.4. The highest BCUT2D eigenvalue weighted by Gasteiger charge is 2.09. The third kappa shape index (κ3) is 4.49. The molecule has 0 saturated heterocycles. The lowest BCUT2D eigenvalue weighted by Gasteiger charge is -2.17. The molecule has 1 nitrogen and oxygen atoms in total. The van der Waals surface area contributed by atoms with Gasteiger partial charge < -0.3 is 5.32 Å². The monoisotopic (exact) mass is 279 g/mol. The first-order valence-electron chi connectivity index (χ1n) is 7.73. The van der Waals surface area contributed by atoms with Crippen LogP contribution in [0.3, 0.4) is 0 Å². The van der Waals surface area contributed by atoms with E-state index in [0.29, 0.717) is 6.04 Å². The largest absolute Gasteiger partial charge is 0.388 e. The summed E-state index contributed by atoms with van der Waals surface area (Å²) in [6.45, 7) is 6.49. The molecule has 1 heterocycles. The van der Waals surface area contributed by atoms with Crippen LogP contribution in [0.1, 0.15) is 37.8 Å². The molecule has 0 radical (unpaired) electrons. The van der Waals surface area contributed by atoms with Crippen LogP contribution in [-0.2, 0) is 0 Å². The van der Waals surface area contributed by atoms with Gasteiger partial charge >= 0.3 is 0 Å². The molecule has 2 rings (SSSR count). The van der Waals surface area contributed by atoms with Crippen molar-refractivity contribution in [1.29, 1.82) is 0 Å². The number of aryl methyl sites for hydroxylation is 1. The van der Waals surface area contributed by atoms with E-state index in [9.17, 15) is 0 Å². The van der Waals surface area contributed by atoms with Crippen LogP contribution in [0, 0.1) is 6.92 Å². The second-order valence-electron chi connectivity index (χ2n) is 5.61. The quantitative estimate of drug-likeness (QED) is 0.788. The van der Waals surface area contributed by atoms with Gasteiger partial charge in [-0.05, 0) is 62.6 Å². The maximum Gasteiger partial charge on any atom is 0.0230 e. The molecule has 1 N–H and O–H groups in total. The number of rotatable bonds is 2. The van der Waals surface area contributed by atoms with Crippen LogP contribution in [0.15, 0.2) is 66.4 Å². The maximum absolute atomic E-state index is 3.40. The van der Waals surface area contributed by atoms with Crippen molar-refractivity contribution in [2.75, 3.05) is 0 Å². The summed E-state index contributed by atoms with van der Waals surface area (Å²) >= 11 is 0. The predicted molar refractivity (Wildman–Crippen MR) is 93.0 cm³/mol. The lowest BCUT2D eigenvalue weighted by molar-refractivity contribution is 0.588. The van der Waals surface area contributed by atoms with E-state index < -0.39 is 0 Å². The number of hydrogen-bond acceptors (Lipinski definition) is 1. The van der Waals surface area contributed by atoms with Crippen molar-refractivity contribution in [3.63, 3.8) is 0 Å². The molecule has 0 bridgehead atoms. The van der Waals surface area contributed by atoms with E-state index in [4.69, 9.17) is 0 Å². The van der Waals surface area contributed by atoms with Gasteiger partial charge in [-0.1, -0.05) is 54.1 Å². The Morgan fingerprint density at radius 3 is 2.62 bits per heavy atom. The molecule has 1 aliphatic rings. The summed E-state index contributed by atoms with van der Waals surface area (Å²) < 4.78 is 0. The topological polar surface area (TPSA) is 12.0 Å². The third-order valence-electron chi connectivity index (χ3n) is 3.84. The van der Waals surface area contributed by atoms with E-state index in [1.807, 2.05) is 6.20 Å². The van der Waals surface area contributed by atoms with Crippen molar-refractivity contribution in [2.45, 2.75) is 39.7 Å². The third-order valence-corrected chi connectivity index (χ3v) is 3.84. The standard InChI is InChI=1S/C20H25N/c1-4-20(19-12-9-16(2)10-13-19)18-8-6-5-7-15-21-17(3)11-14-18/h4-10,12-13,15,17,21H,11,14H2,1-3H3/b6-5-,15-7+,18-8-,20-4+/t17-/m0/s1. The molecular formula is C20H25N. The van der Waals surface area contributed by atoms with Crippen molar-refractivity contribution in [3.8, 4) is 0 Å². The molecule has 21 heavy (non-hydrogen) atoms. The highest BCUT2D eigenvalue weighted by Crippen LogP contribution is 2.27. The zero-order chi connectivity index (χ0) is 15.1. The molecule has 0 unspecified atom stereocenters. The average Bonchev–Trinajstić information content (AvgIpc) is 2.50. The van der Waals surface area contributed by atoms with Gasteiger partial charge in [0.1, 0.15) is 0 Å². The van der Waals surface area contributed by atoms with Gasteiger partial charge in [0.05, 0.1) is 0 Å². The summed E-state index contributed by atoms with van der Waals surface area (Å²) in [5.74, 6) is 0. The SMILES string of the molecule is C\C=C(/C1=C\C=C/C=C/N[C@@H](C)CC1)c1ccc(C)cc1. The molecule has 0 spiro atoms. The van der Waals surface area contributed by atoms with Crippen molar-refractivity contribution in [2.24, 2.45) is 0 Å². The van der Waals surface area contributed by atoms with E-state index in [2.05, 4.69) is 80.7 Å². The predicted octanol–water partition coefficient (Wildman–Crippen LogP) is 5.17. The molecule has 1 aliphatic heterocycles. The second kappa shape index (κ2) is 7.68. The molecule has 1 aromatic carbocycles. The first-order chi connectivity index (χ1) is 10.2. The van der Waals surface area contributed by atoms with Crippen LogP contribution in [-0.4, -0.2) is 6.04 Å². The van der Waals surface area contributed by atoms with Gasteiger partial charge in [0.2, 0.25) is 0 Å². The summed E-state index contributed by atoms with van der Waals surface area (Å²) in [5.41, 5.74) is 5.35. The molecule has 0 aromatic heterocycles. The Bertz CT molecular complexity index is 570. The summed E-state index contributed by atoms with van der Waals surface area (Å²) in [4.78, 5) is 0. The smallest absolute Gasteiger partial charge is 0.0230 e. The molecule has 1 heteroatoms. The van der Waals surface area contributed by atoms with Crippen LogP contribution >= 0.6 is 0 Å². The zero-order valence-corrected chi connectivity index (χ0v) is 13.3. The Balaban J connectivity index is 2.30. The highest BCUT2D eigenvalue weighted by atomic mass is 14.9. The minimum Gasteiger partial charge on any atom is -0.388 e. The van der Waals surface area contributed by atoms with Gasteiger partial charge in [-0.25, -0.2) is 0 Å². The van der Waals surface area contributed by atoms with Crippen molar-refractivity contribution in [3.05, 3.63) is 77.5 Å². The van der Waals surface area contributed by atoms with Crippen molar-refractivity contribution in [1.82, 2.24) is 5.32 Å². The van der Waals surface area contributed by atoms with E-state index in [1.165, 1.54) is 22.3 Å². The van der Waals surface area contributed by atoms with E-state index in [1.54, 1.807) is 0 Å². The minimum absolute atomic E-state index is 0.493. The van der Waals surface area contributed by atoms with Crippen LogP contribution in [0.2, 0.25) is 0 Å². The van der Waals surface area contributed by atoms with E-state index >= 15 is 0 Å². The molecule has 0 amide bonds. The average molecular weight is 279 g/mol. The Kier molecular flexibility index (Phi) is 5.62. The Morgan fingerprint density at radius 2 is 1.90 bits per heavy atom. The van der Waals surface area contributed by atoms with E-state index in [-0.39, 0.29) is 0 Å². The van der Waals surface area contributed by atoms with Gasteiger partial charge in [0.25, 0.3) is 0 Å². The molecule has 0 fully saturated rings. The number of allylic oxidation sites excluding steroid dienone is 7. The van der Waals surface area contributed by atoms with Crippen LogP contribution in [0.5, 0.6) is 0 Å². The van der Waals surface area contributed by atoms with Crippen LogP contribution < -0.4 is 5.32 Å². The molecule has 110 valence electrons. The molecule has 0 saturated carbocycles.